The zero-order valence-electron chi connectivity index (χ0n) is 9.62. The molecule has 0 aliphatic heterocycles. The summed E-state index contributed by atoms with van der Waals surface area (Å²) in [6.07, 6.45) is 5.07. The van der Waals surface area contributed by atoms with Gasteiger partial charge in [0, 0.05) is 30.9 Å². The van der Waals surface area contributed by atoms with Gasteiger partial charge in [0.2, 0.25) is 0 Å². The molecule has 1 aromatic rings. The molecule has 80 valence electrons. The quantitative estimate of drug-likeness (QED) is 0.779. The maximum absolute atomic E-state index is 4.41. The second-order valence-corrected chi connectivity index (χ2v) is 3.90. The summed E-state index contributed by atoms with van der Waals surface area (Å²) in [4.78, 5) is 4.41. The summed E-state index contributed by atoms with van der Waals surface area (Å²) in [6.45, 7) is 7.60. The summed E-state index contributed by atoms with van der Waals surface area (Å²) < 4.78 is 2.22. The van der Waals surface area contributed by atoms with E-state index in [1.165, 1.54) is 5.82 Å². The molecule has 0 fully saturated rings. The molecule has 0 aliphatic carbocycles. The first-order chi connectivity index (χ1) is 6.69. The Labute approximate surface area is 86.5 Å². The molecule has 3 heteroatoms. The van der Waals surface area contributed by atoms with E-state index in [4.69, 9.17) is 0 Å². The van der Waals surface area contributed by atoms with Gasteiger partial charge in [-0.15, -0.1) is 0 Å². The summed E-state index contributed by atoms with van der Waals surface area (Å²) in [7, 11) is 2.00. The maximum atomic E-state index is 4.41. The lowest BCUT2D eigenvalue weighted by Crippen LogP contribution is -2.23. The zero-order chi connectivity index (χ0) is 10.6. The lowest BCUT2D eigenvalue weighted by molar-refractivity contribution is 0.488. The Hall–Kier alpha value is -0.830. The fraction of sp³-hybridized carbons (Fsp3) is 0.727. The van der Waals surface area contributed by atoms with Gasteiger partial charge in [-0.1, -0.05) is 6.92 Å². The fourth-order valence-electron chi connectivity index (χ4n) is 1.77. The van der Waals surface area contributed by atoms with E-state index in [1.54, 1.807) is 0 Å². The second kappa shape index (κ2) is 5.15. The first-order valence-corrected chi connectivity index (χ1v) is 5.37. The second-order valence-electron chi connectivity index (χ2n) is 3.90. The average molecular weight is 195 g/mol. The van der Waals surface area contributed by atoms with Gasteiger partial charge >= 0.3 is 0 Å². The zero-order valence-corrected chi connectivity index (χ0v) is 9.62. The number of aryl methyl sites for hydroxylation is 1. The number of rotatable bonds is 5. The normalized spacial score (nSPS) is 15.4. The van der Waals surface area contributed by atoms with Crippen molar-refractivity contribution in [3.8, 4) is 0 Å². The molecule has 0 saturated carbocycles. The van der Waals surface area contributed by atoms with Crippen LogP contribution in [0.4, 0.5) is 0 Å². The maximum Gasteiger partial charge on any atom is 0.111 e. The molecule has 0 amide bonds. The molecule has 0 saturated heterocycles. The number of imidazole rings is 1. The van der Waals surface area contributed by atoms with Crippen LogP contribution in [0.15, 0.2) is 12.4 Å². The third kappa shape index (κ3) is 2.58. The highest BCUT2D eigenvalue weighted by Crippen LogP contribution is 2.18. The van der Waals surface area contributed by atoms with Crippen molar-refractivity contribution in [2.75, 3.05) is 7.05 Å². The molecule has 0 radical (unpaired) electrons. The van der Waals surface area contributed by atoms with E-state index in [0.717, 1.165) is 13.0 Å². The van der Waals surface area contributed by atoms with Crippen LogP contribution >= 0.6 is 0 Å². The molecule has 14 heavy (non-hydrogen) atoms. The largest absolute Gasteiger partial charge is 0.335 e. The summed E-state index contributed by atoms with van der Waals surface area (Å²) in [6, 6.07) is 0.548. The lowest BCUT2D eigenvalue weighted by Gasteiger charge is -2.17. The van der Waals surface area contributed by atoms with E-state index in [1.807, 2.05) is 13.2 Å². The highest BCUT2D eigenvalue weighted by atomic mass is 15.1. The lowest BCUT2D eigenvalue weighted by atomic mass is 10.0. The van der Waals surface area contributed by atoms with Crippen LogP contribution in [0, 0.1) is 0 Å². The molecule has 0 aromatic carbocycles. The van der Waals surface area contributed by atoms with E-state index in [-0.39, 0.29) is 0 Å². The molecule has 0 spiro atoms. The molecule has 1 aromatic heterocycles. The molecule has 2 unspecified atom stereocenters. The van der Waals surface area contributed by atoms with Gasteiger partial charge in [0.25, 0.3) is 0 Å². The minimum Gasteiger partial charge on any atom is -0.335 e. The van der Waals surface area contributed by atoms with Crippen molar-refractivity contribution in [2.24, 2.45) is 0 Å². The van der Waals surface area contributed by atoms with Gasteiger partial charge in [-0.25, -0.2) is 4.98 Å². The first kappa shape index (κ1) is 11.2. The van der Waals surface area contributed by atoms with Crippen molar-refractivity contribution in [2.45, 2.75) is 45.7 Å². The van der Waals surface area contributed by atoms with Crippen molar-refractivity contribution in [3.63, 3.8) is 0 Å². The molecular weight excluding hydrogens is 174 g/mol. The van der Waals surface area contributed by atoms with Crippen molar-refractivity contribution in [1.82, 2.24) is 14.9 Å². The molecule has 2 atom stereocenters. The van der Waals surface area contributed by atoms with Gasteiger partial charge in [0.1, 0.15) is 5.82 Å². The topological polar surface area (TPSA) is 29.9 Å². The molecular formula is C11H21N3. The number of nitrogens with zero attached hydrogens (tertiary/aromatic N) is 2. The van der Waals surface area contributed by atoms with E-state index in [2.05, 4.69) is 41.8 Å². The minimum absolute atomic E-state index is 0.521. The van der Waals surface area contributed by atoms with Crippen LogP contribution in [0.25, 0.3) is 0 Å². The summed E-state index contributed by atoms with van der Waals surface area (Å²) in [5, 5.41) is 3.26. The predicted octanol–water partition coefficient (Wildman–Crippen LogP) is 2.00. The SMILES string of the molecule is CCn1ccnc1C(C)CC(C)NC. The van der Waals surface area contributed by atoms with Crippen LogP contribution in [0.1, 0.15) is 38.9 Å². The van der Waals surface area contributed by atoms with Gasteiger partial charge in [-0.05, 0) is 27.3 Å². The molecule has 1 heterocycles. The van der Waals surface area contributed by atoms with Crippen LogP contribution in [0.5, 0.6) is 0 Å². The van der Waals surface area contributed by atoms with Crippen molar-refractivity contribution >= 4 is 0 Å². The van der Waals surface area contributed by atoms with Crippen molar-refractivity contribution in [1.29, 1.82) is 0 Å². The van der Waals surface area contributed by atoms with Crippen LogP contribution in [0.2, 0.25) is 0 Å². The van der Waals surface area contributed by atoms with Gasteiger partial charge in [0.15, 0.2) is 0 Å². The highest BCUT2D eigenvalue weighted by molar-refractivity contribution is 4.99. The Morgan fingerprint density at radius 1 is 1.50 bits per heavy atom. The van der Waals surface area contributed by atoms with E-state index in [0.29, 0.717) is 12.0 Å². The third-order valence-electron chi connectivity index (χ3n) is 2.73. The average Bonchev–Trinajstić information content (AvgIpc) is 2.65. The van der Waals surface area contributed by atoms with Crippen LogP contribution < -0.4 is 5.32 Å². The Kier molecular flexibility index (Phi) is 4.14. The monoisotopic (exact) mass is 195 g/mol. The van der Waals surface area contributed by atoms with Crippen molar-refractivity contribution in [3.05, 3.63) is 18.2 Å². The van der Waals surface area contributed by atoms with Crippen LogP contribution in [-0.4, -0.2) is 22.6 Å². The Balaban J connectivity index is 2.64. The molecule has 0 aliphatic rings. The van der Waals surface area contributed by atoms with Gasteiger partial charge in [0.05, 0.1) is 0 Å². The highest BCUT2D eigenvalue weighted by Gasteiger charge is 2.13. The first-order valence-electron chi connectivity index (χ1n) is 5.37. The van der Waals surface area contributed by atoms with E-state index >= 15 is 0 Å². The summed E-state index contributed by atoms with van der Waals surface area (Å²) in [5.41, 5.74) is 0. The standard InChI is InChI=1S/C11H21N3/c1-5-14-7-6-13-11(14)9(2)8-10(3)12-4/h6-7,9-10,12H,5,8H2,1-4H3. The summed E-state index contributed by atoms with van der Waals surface area (Å²) in [5.74, 6) is 1.72. The third-order valence-corrected chi connectivity index (χ3v) is 2.73. The molecule has 1 N–H and O–H groups in total. The number of hydrogen-bond donors (Lipinski definition) is 1. The van der Waals surface area contributed by atoms with Gasteiger partial charge < -0.3 is 9.88 Å². The summed E-state index contributed by atoms with van der Waals surface area (Å²) >= 11 is 0. The van der Waals surface area contributed by atoms with E-state index in [9.17, 15) is 0 Å². The number of aromatic nitrogens is 2. The number of nitrogens with one attached hydrogen (secondary N) is 1. The predicted molar refractivity (Wildman–Crippen MR) is 59.5 cm³/mol. The van der Waals surface area contributed by atoms with Crippen LogP contribution in [0.3, 0.4) is 0 Å². The minimum atomic E-state index is 0.521. The Morgan fingerprint density at radius 3 is 2.79 bits per heavy atom. The molecule has 3 nitrogen and oxygen atoms in total. The van der Waals surface area contributed by atoms with Crippen molar-refractivity contribution < 1.29 is 0 Å². The molecule has 0 bridgehead atoms. The Morgan fingerprint density at radius 2 is 2.21 bits per heavy atom. The smallest absolute Gasteiger partial charge is 0.111 e. The number of hydrogen-bond acceptors (Lipinski definition) is 2. The van der Waals surface area contributed by atoms with Gasteiger partial charge in [-0.3, -0.25) is 0 Å². The fourth-order valence-corrected chi connectivity index (χ4v) is 1.77. The van der Waals surface area contributed by atoms with E-state index < -0.39 is 0 Å². The van der Waals surface area contributed by atoms with Gasteiger partial charge in [-0.2, -0.15) is 0 Å². The molecule has 1 rings (SSSR count). The van der Waals surface area contributed by atoms with Crippen LogP contribution in [-0.2, 0) is 6.54 Å². The Bertz CT molecular complexity index is 267.